The van der Waals surface area contributed by atoms with Gasteiger partial charge >= 0.3 is 12.0 Å². The molecule has 0 aliphatic heterocycles. The van der Waals surface area contributed by atoms with E-state index in [4.69, 9.17) is 9.84 Å². The molecule has 0 saturated carbocycles. The van der Waals surface area contributed by atoms with Crippen LogP contribution in [0.4, 0.5) is 4.79 Å². The minimum atomic E-state index is -0.891. The fourth-order valence-electron chi connectivity index (χ4n) is 1.48. The van der Waals surface area contributed by atoms with Crippen molar-refractivity contribution >= 4 is 12.0 Å². The Balaban J connectivity index is 4.27. The van der Waals surface area contributed by atoms with Crippen molar-refractivity contribution < 1.29 is 19.4 Å². The fourth-order valence-corrected chi connectivity index (χ4v) is 1.48. The molecule has 0 aliphatic carbocycles. The van der Waals surface area contributed by atoms with E-state index in [0.717, 1.165) is 0 Å². The number of methoxy groups -OCH3 is 1. The monoisotopic (exact) mass is 260 g/mol. The summed E-state index contributed by atoms with van der Waals surface area (Å²) < 4.78 is 4.96. The molecule has 0 bridgehead atoms. The quantitative estimate of drug-likeness (QED) is 0.716. The number of likely N-dealkylation sites (N-methyl/N-ethyl adjacent to an activating group) is 1. The number of carbonyl (C=O) groups excluding carboxylic acids is 1. The molecule has 0 rings (SSSR count). The Morgan fingerprint density at radius 3 is 2.28 bits per heavy atom. The Kier molecular flexibility index (Phi) is 7.35. The van der Waals surface area contributed by atoms with Gasteiger partial charge in [-0.1, -0.05) is 13.8 Å². The van der Waals surface area contributed by atoms with E-state index in [-0.39, 0.29) is 24.5 Å². The zero-order valence-electron chi connectivity index (χ0n) is 11.8. The number of aliphatic carboxylic acids is 1. The molecule has 0 heterocycles. The first-order valence-corrected chi connectivity index (χ1v) is 6.03. The second-order valence-electron chi connectivity index (χ2n) is 4.79. The summed E-state index contributed by atoms with van der Waals surface area (Å²) in [4.78, 5) is 24.3. The average Bonchev–Trinajstić information content (AvgIpc) is 2.27. The van der Waals surface area contributed by atoms with Crippen LogP contribution in [0.2, 0.25) is 0 Å². The van der Waals surface area contributed by atoms with Gasteiger partial charge in [0.05, 0.1) is 18.6 Å². The largest absolute Gasteiger partial charge is 0.481 e. The van der Waals surface area contributed by atoms with Gasteiger partial charge in [-0.3, -0.25) is 4.79 Å². The van der Waals surface area contributed by atoms with Gasteiger partial charge in [-0.25, -0.2) is 4.79 Å². The minimum absolute atomic E-state index is 0.0236. The van der Waals surface area contributed by atoms with Gasteiger partial charge in [-0.15, -0.1) is 0 Å². The molecule has 2 amide bonds. The van der Waals surface area contributed by atoms with E-state index in [2.05, 4.69) is 5.32 Å². The van der Waals surface area contributed by atoms with E-state index >= 15 is 0 Å². The Bertz CT molecular complexity index is 281. The highest BCUT2D eigenvalue weighted by Gasteiger charge is 2.23. The molecule has 0 radical (unpaired) electrons. The van der Waals surface area contributed by atoms with Crippen LogP contribution in [0, 0.1) is 11.8 Å². The van der Waals surface area contributed by atoms with E-state index < -0.39 is 11.9 Å². The lowest BCUT2D eigenvalue weighted by Gasteiger charge is -2.26. The zero-order valence-corrected chi connectivity index (χ0v) is 11.8. The number of rotatable bonds is 7. The summed E-state index contributed by atoms with van der Waals surface area (Å²) in [5.74, 6) is -1.48. The number of carboxylic acids is 1. The van der Waals surface area contributed by atoms with Crippen LogP contribution in [0.25, 0.3) is 0 Å². The number of nitrogens with one attached hydrogen (secondary N) is 1. The highest BCUT2D eigenvalue weighted by molar-refractivity contribution is 5.76. The SMILES string of the molecule is COCC(C)N(C)C(=O)NCC(C(=O)O)C(C)C. The van der Waals surface area contributed by atoms with E-state index in [0.29, 0.717) is 6.61 Å². The lowest BCUT2D eigenvalue weighted by atomic mass is 9.96. The smallest absolute Gasteiger partial charge is 0.317 e. The Morgan fingerprint density at radius 2 is 1.89 bits per heavy atom. The maximum absolute atomic E-state index is 11.8. The molecule has 6 heteroatoms. The molecule has 0 aromatic heterocycles. The maximum Gasteiger partial charge on any atom is 0.317 e. The van der Waals surface area contributed by atoms with Crippen molar-refractivity contribution in [3.05, 3.63) is 0 Å². The van der Waals surface area contributed by atoms with Gasteiger partial charge in [0.1, 0.15) is 0 Å². The van der Waals surface area contributed by atoms with Crippen molar-refractivity contribution in [2.75, 3.05) is 27.3 Å². The molecule has 0 aromatic rings. The maximum atomic E-state index is 11.8. The van der Waals surface area contributed by atoms with Crippen molar-refractivity contribution in [2.24, 2.45) is 11.8 Å². The molecule has 0 aromatic carbocycles. The summed E-state index contributed by atoms with van der Waals surface area (Å²) in [6.45, 7) is 6.08. The van der Waals surface area contributed by atoms with Gasteiger partial charge in [0, 0.05) is 20.7 Å². The van der Waals surface area contributed by atoms with E-state index in [1.807, 2.05) is 20.8 Å². The highest BCUT2D eigenvalue weighted by atomic mass is 16.5. The highest BCUT2D eigenvalue weighted by Crippen LogP contribution is 2.10. The van der Waals surface area contributed by atoms with Crippen molar-refractivity contribution in [3.63, 3.8) is 0 Å². The Morgan fingerprint density at radius 1 is 1.33 bits per heavy atom. The first-order valence-electron chi connectivity index (χ1n) is 6.03. The van der Waals surface area contributed by atoms with Crippen molar-refractivity contribution in [2.45, 2.75) is 26.8 Å². The average molecular weight is 260 g/mol. The molecule has 6 nitrogen and oxygen atoms in total. The second kappa shape index (κ2) is 7.92. The lowest BCUT2D eigenvalue weighted by molar-refractivity contribution is -0.142. The molecule has 0 saturated heterocycles. The zero-order chi connectivity index (χ0) is 14.3. The van der Waals surface area contributed by atoms with Crippen molar-refractivity contribution in [1.82, 2.24) is 10.2 Å². The molecule has 0 fully saturated rings. The minimum Gasteiger partial charge on any atom is -0.481 e. The molecule has 2 N–H and O–H groups in total. The predicted molar refractivity (Wildman–Crippen MR) is 68.5 cm³/mol. The molecular formula is C12H24N2O4. The van der Waals surface area contributed by atoms with Crippen LogP contribution in [0.5, 0.6) is 0 Å². The third-order valence-corrected chi connectivity index (χ3v) is 2.98. The Hall–Kier alpha value is -1.30. The van der Waals surface area contributed by atoms with Crippen LogP contribution < -0.4 is 5.32 Å². The summed E-state index contributed by atoms with van der Waals surface area (Å²) in [5, 5.41) is 11.6. The summed E-state index contributed by atoms with van der Waals surface area (Å²) in [6.07, 6.45) is 0. The predicted octanol–water partition coefficient (Wildman–Crippen LogP) is 1.02. The number of hydrogen-bond acceptors (Lipinski definition) is 3. The molecule has 106 valence electrons. The number of amides is 2. The van der Waals surface area contributed by atoms with Crippen LogP contribution in [-0.2, 0) is 9.53 Å². The second-order valence-corrected chi connectivity index (χ2v) is 4.79. The molecular weight excluding hydrogens is 236 g/mol. The Labute approximate surface area is 108 Å². The van der Waals surface area contributed by atoms with Gasteiger partial charge in [-0.2, -0.15) is 0 Å². The molecule has 0 spiro atoms. The molecule has 2 atom stereocenters. The third kappa shape index (κ3) is 5.35. The van der Waals surface area contributed by atoms with E-state index in [1.165, 1.54) is 4.90 Å². The summed E-state index contributed by atoms with van der Waals surface area (Å²) in [5.41, 5.74) is 0. The lowest BCUT2D eigenvalue weighted by Crippen LogP contribution is -2.46. The van der Waals surface area contributed by atoms with Gasteiger partial charge in [-0.05, 0) is 12.8 Å². The van der Waals surface area contributed by atoms with Crippen LogP contribution in [0.3, 0.4) is 0 Å². The van der Waals surface area contributed by atoms with Gasteiger partial charge in [0.15, 0.2) is 0 Å². The van der Waals surface area contributed by atoms with Crippen LogP contribution >= 0.6 is 0 Å². The third-order valence-electron chi connectivity index (χ3n) is 2.98. The summed E-state index contributed by atoms with van der Waals surface area (Å²) in [7, 11) is 3.23. The number of carbonyl (C=O) groups is 2. The van der Waals surface area contributed by atoms with Gasteiger partial charge < -0.3 is 20.1 Å². The standard InChI is InChI=1S/C12H24N2O4/c1-8(2)10(11(15)16)6-13-12(17)14(4)9(3)7-18-5/h8-10H,6-7H2,1-5H3,(H,13,17)(H,15,16). The normalized spacial score (nSPS) is 14.1. The molecule has 18 heavy (non-hydrogen) atoms. The van der Waals surface area contributed by atoms with Crippen LogP contribution in [-0.4, -0.2) is 55.4 Å². The van der Waals surface area contributed by atoms with Gasteiger partial charge in [0.2, 0.25) is 0 Å². The van der Waals surface area contributed by atoms with E-state index in [1.54, 1.807) is 14.2 Å². The fraction of sp³-hybridized carbons (Fsp3) is 0.833. The van der Waals surface area contributed by atoms with E-state index in [9.17, 15) is 9.59 Å². The van der Waals surface area contributed by atoms with Crippen molar-refractivity contribution in [1.29, 1.82) is 0 Å². The first kappa shape index (κ1) is 16.7. The molecule has 2 unspecified atom stereocenters. The van der Waals surface area contributed by atoms with Crippen LogP contribution in [0.1, 0.15) is 20.8 Å². The number of ether oxygens (including phenoxy) is 1. The van der Waals surface area contributed by atoms with Crippen molar-refractivity contribution in [3.8, 4) is 0 Å². The van der Waals surface area contributed by atoms with Crippen LogP contribution in [0.15, 0.2) is 0 Å². The first-order chi connectivity index (χ1) is 8.31. The summed E-state index contributed by atoms with van der Waals surface area (Å²) >= 11 is 0. The summed E-state index contributed by atoms with van der Waals surface area (Å²) in [6, 6.07) is -0.344. The van der Waals surface area contributed by atoms with Gasteiger partial charge in [0.25, 0.3) is 0 Å². The molecule has 0 aliphatic rings. The number of nitrogens with zero attached hydrogens (tertiary/aromatic N) is 1. The number of hydrogen-bond donors (Lipinski definition) is 2. The topological polar surface area (TPSA) is 78.9 Å². The number of carboxylic acid groups (broad SMARTS) is 1. The number of urea groups is 1.